The molecule has 0 radical (unpaired) electrons. The van der Waals surface area contributed by atoms with Gasteiger partial charge in [-0.1, -0.05) is 18.2 Å². The molecular weight excluding hydrogens is 320 g/mol. The van der Waals surface area contributed by atoms with E-state index >= 15 is 0 Å². The minimum absolute atomic E-state index is 0.0248. The van der Waals surface area contributed by atoms with Crippen LogP contribution in [0.3, 0.4) is 0 Å². The van der Waals surface area contributed by atoms with E-state index in [1.165, 1.54) is 6.92 Å². The molecule has 0 spiro atoms. The van der Waals surface area contributed by atoms with Gasteiger partial charge in [0.15, 0.2) is 0 Å². The van der Waals surface area contributed by atoms with Gasteiger partial charge in [-0.25, -0.2) is 0 Å². The van der Waals surface area contributed by atoms with Crippen molar-refractivity contribution in [3.8, 4) is 0 Å². The predicted octanol–water partition coefficient (Wildman–Crippen LogP) is 3.45. The third-order valence-electron chi connectivity index (χ3n) is 3.85. The summed E-state index contributed by atoms with van der Waals surface area (Å²) in [4.78, 5) is 21.9. The Morgan fingerprint density at radius 2 is 2.00 bits per heavy atom. The average Bonchev–Trinajstić information content (AvgIpc) is 2.59. The zero-order valence-corrected chi connectivity index (χ0v) is 14.5. The van der Waals surface area contributed by atoms with E-state index in [0.717, 1.165) is 16.8 Å². The van der Waals surface area contributed by atoms with Crippen molar-refractivity contribution in [3.63, 3.8) is 0 Å². The maximum Gasteiger partial charge on any atom is 0.292 e. The van der Waals surface area contributed by atoms with Gasteiger partial charge in [0.05, 0.1) is 4.92 Å². The van der Waals surface area contributed by atoms with Crippen LogP contribution in [0.25, 0.3) is 0 Å². The van der Waals surface area contributed by atoms with Crippen LogP contribution in [-0.4, -0.2) is 17.9 Å². The van der Waals surface area contributed by atoms with Crippen LogP contribution in [0, 0.1) is 10.1 Å². The maximum absolute atomic E-state index is 11.2. The molecule has 0 aliphatic rings. The van der Waals surface area contributed by atoms with Crippen molar-refractivity contribution in [2.45, 2.75) is 26.4 Å². The molecule has 3 N–H and O–H groups in total. The highest BCUT2D eigenvalue weighted by atomic mass is 16.6. The molecule has 0 saturated carbocycles. The minimum atomic E-state index is -0.393. The third-order valence-corrected chi connectivity index (χ3v) is 3.85. The largest absolute Gasteiger partial charge is 0.383 e. The summed E-state index contributed by atoms with van der Waals surface area (Å²) in [6.45, 7) is 3.97. The van der Waals surface area contributed by atoms with Crippen molar-refractivity contribution < 1.29 is 9.72 Å². The molecule has 2 rings (SSSR count). The van der Waals surface area contributed by atoms with Crippen LogP contribution in [0.15, 0.2) is 42.5 Å². The summed E-state index contributed by atoms with van der Waals surface area (Å²) in [5.74, 6) is -0.116. The first-order valence-electron chi connectivity index (χ1n) is 7.96. The lowest BCUT2D eigenvalue weighted by Crippen LogP contribution is -2.18. The van der Waals surface area contributed by atoms with Crippen molar-refractivity contribution in [2.75, 3.05) is 17.7 Å². The summed E-state index contributed by atoms with van der Waals surface area (Å²) in [6, 6.07) is 12.7. The molecule has 132 valence electrons. The molecule has 1 amide bonds. The number of carbonyl (C=O) groups is 1. The summed E-state index contributed by atoms with van der Waals surface area (Å²) in [6.07, 6.45) is 0. The van der Waals surface area contributed by atoms with Gasteiger partial charge in [0.2, 0.25) is 5.91 Å². The van der Waals surface area contributed by atoms with Crippen LogP contribution in [0.4, 0.5) is 17.1 Å². The van der Waals surface area contributed by atoms with E-state index in [2.05, 4.69) is 16.0 Å². The molecule has 2 aromatic carbocycles. The molecule has 0 aromatic heterocycles. The Hall–Kier alpha value is -2.93. The van der Waals surface area contributed by atoms with E-state index in [-0.39, 0.29) is 17.6 Å². The fourth-order valence-electron chi connectivity index (χ4n) is 2.53. The second-order valence-corrected chi connectivity index (χ2v) is 5.77. The molecule has 0 aliphatic heterocycles. The van der Waals surface area contributed by atoms with Crippen molar-refractivity contribution in [3.05, 3.63) is 63.7 Å². The van der Waals surface area contributed by atoms with Gasteiger partial charge in [0.25, 0.3) is 5.69 Å². The molecule has 0 aliphatic carbocycles. The van der Waals surface area contributed by atoms with Gasteiger partial charge in [-0.3, -0.25) is 14.9 Å². The number of nitrogens with one attached hydrogen (secondary N) is 3. The fraction of sp³-hybridized carbons (Fsp3) is 0.278. The molecule has 1 atom stereocenters. The van der Waals surface area contributed by atoms with Crippen molar-refractivity contribution in [2.24, 2.45) is 0 Å². The van der Waals surface area contributed by atoms with Gasteiger partial charge in [-0.05, 0) is 36.2 Å². The Labute approximate surface area is 146 Å². The Morgan fingerprint density at radius 1 is 1.24 bits per heavy atom. The molecule has 1 unspecified atom stereocenters. The molecule has 0 fully saturated rings. The van der Waals surface area contributed by atoms with Crippen LogP contribution >= 0.6 is 0 Å². The van der Waals surface area contributed by atoms with E-state index in [4.69, 9.17) is 0 Å². The van der Waals surface area contributed by atoms with Crippen molar-refractivity contribution in [1.82, 2.24) is 5.32 Å². The van der Waals surface area contributed by atoms with E-state index in [1.807, 2.05) is 37.3 Å². The molecule has 7 nitrogen and oxygen atoms in total. The van der Waals surface area contributed by atoms with Gasteiger partial charge in [0, 0.05) is 38.3 Å². The number of amides is 1. The second-order valence-electron chi connectivity index (χ2n) is 5.77. The topological polar surface area (TPSA) is 96.3 Å². The molecule has 0 bridgehead atoms. The number of carbonyl (C=O) groups excluding carboxylic acids is 1. The van der Waals surface area contributed by atoms with Crippen molar-refractivity contribution in [1.29, 1.82) is 0 Å². The van der Waals surface area contributed by atoms with E-state index in [1.54, 1.807) is 19.2 Å². The molecule has 7 heteroatoms. The van der Waals surface area contributed by atoms with Crippen LogP contribution in [0.1, 0.15) is 31.0 Å². The number of nitro benzene ring substituents is 1. The summed E-state index contributed by atoms with van der Waals surface area (Å²) >= 11 is 0. The Balaban J connectivity index is 2.07. The number of hydrogen-bond acceptors (Lipinski definition) is 5. The predicted molar refractivity (Wildman–Crippen MR) is 98.6 cm³/mol. The lowest BCUT2D eigenvalue weighted by Gasteiger charge is -2.16. The Morgan fingerprint density at radius 3 is 2.64 bits per heavy atom. The third kappa shape index (κ3) is 5.02. The molecule has 25 heavy (non-hydrogen) atoms. The number of hydrogen-bond donors (Lipinski definition) is 3. The smallest absolute Gasteiger partial charge is 0.292 e. The summed E-state index contributed by atoms with van der Waals surface area (Å²) in [5, 5.41) is 20.1. The second kappa shape index (κ2) is 8.25. The number of rotatable bonds is 7. The minimum Gasteiger partial charge on any atom is -0.383 e. The highest BCUT2D eigenvalue weighted by Gasteiger charge is 2.14. The Bertz CT molecular complexity index is 777. The Kier molecular flexibility index (Phi) is 6.08. The SMILES string of the molecule is CNc1ccc(CNC(C)c2cccc(NC(C)=O)c2)cc1[N+](=O)[O-]. The summed E-state index contributed by atoms with van der Waals surface area (Å²) < 4.78 is 0. The number of anilines is 2. The summed E-state index contributed by atoms with van der Waals surface area (Å²) in [7, 11) is 1.66. The number of nitrogens with zero attached hydrogens (tertiary/aromatic N) is 1. The number of benzene rings is 2. The first-order chi connectivity index (χ1) is 11.9. The normalized spacial score (nSPS) is 11.6. The standard InChI is InChI=1S/C18H22N4O3/c1-12(15-5-4-6-16(10-15)21-13(2)23)20-11-14-7-8-17(19-3)18(9-14)22(24)25/h4-10,12,19-20H,11H2,1-3H3,(H,21,23). The van der Waals surface area contributed by atoms with Gasteiger partial charge >= 0.3 is 0 Å². The maximum atomic E-state index is 11.2. The molecular formula is C18H22N4O3. The van der Waals surface area contributed by atoms with Crippen LogP contribution < -0.4 is 16.0 Å². The van der Waals surface area contributed by atoms with Crippen LogP contribution in [-0.2, 0) is 11.3 Å². The van der Waals surface area contributed by atoms with E-state index in [9.17, 15) is 14.9 Å². The van der Waals surface area contributed by atoms with Crippen LogP contribution in [0.2, 0.25) is 0 Å². The van der Waals surface area contributed by atoms with Gasteiger partial charge < -0.3 is 16.0 Å². The van der Waals surface area contributed by atoms with Crippen LogP contribution in [0.5, 0.6) is 0 Å². The van der Waals surface area contributed by atoms with Gasteiger partial charge in [0.1, 0.15) is 5.69 Å². The molecule has 0 saturated heterocycles. The highest BCUT2D eigenvalue weighted by molar-refractivity contribution is 5.88. The summed E-state index contributed by atoms with van der Waals surface area (Å²) in [5.41, 5.74) is 3.14. The fourth-order valence-corrected chi connectivity index (χ4v) is 2.53. The monoisotopic (exact) mass is 342 g/mol. The van der Waals surface area contributed by atoms with Crippen molar-refractivity contribution >= 4 is 23.0 Å². The van der Waals surface area contributed by atoms with Gasteiger partial charge in [-0.2, -0.15) is 0 Å². The lowest BCUT2D eigenvalue weighted by molar-refractivity contribution is -0.384. The molecule has 2 aromatic rings. The molecule has 0 heterocycles. The van der Waals surface area contributed by atoms with E-state index < -0.39 is 4.92 Å². The highest BCUT2D eigenvalue weighted by Crippen LogP contribution is 2.25. The van der Waals surface area contributed by atoms with Gasteiger partial charge in [-0.15, -0.1) is 0 Å². The zero-order chi connectivity index (χ0) is 18.4. The average molecular weight is 342 g/mol. The lowest BCUT2D eigenvalue weighted by atomic mass is 10.1. The zero-order valence-electron chi connectivity index (χ0n) is 14.5. The first kappa shape index (κ1) is 18.4. The quantitative estimate of drug-likeness (QED) is 0.529. The number of nitro groups is 1. The van der Waals surface area contributed by atoms with E-state index in [0.29, 0.717) is 12.2 Å². The first-order valence-corrected chi connectivity index (χ1v) is 7.96.